The highest BCUT2D eigenvalue weighted by molar-refractivity contribution is 9.10. The molecule has 0 radical (unpaired) electrons. The number of ether oxygens (including phenoxy) is 1. The van der Waals surface area contributed by atoms with E-state index >= 15 is 0 Å². The molecule has 1 unspecified atom stereocenters. The molecule has 1 aliphatic heterocycles. The van der Waals surface area contributed by atoms with Crippen LogP contribution in [0.25, 0.3) is 0 Å². The molecule has 1 saturated heterocycles. The molecular weight excluding hydrogens is 324 g/mol. The molecule has 1 atom stereocenters. The van der Waals surface area contributed by atoms with E-state index in [-0.39, 0.29) is 0 Å². The lowest BCUT2D eigenvalue weighted by molar-refractivity contribution is 0.180. The summed E-state index contributed by atoms with van der Waals surface area (Å²) in [6.45, 7) is 0.452. The van der Waals surface area contributed by atoms with E-state index in [2.05, 4.69) is 25.9 Å². The van der Waals surface area contributed by atoms with Crippen molar-refractivity contribution < 1.29 is 4.74 Å². The molecule has 1 aromatic rings. The molecule has 1 aromatic heterocycles. The summed E-state index contributed by atoms with van der Waals surface area (Å²) < 4.78 is 5.86. The first-order valence-electron chi connectivity index (χ1n) is 5.54. The highest BCUT2D eigenvalue weighted by Crippen LogP contribution is 2.38. The van der Waals surface area contributed by atoms with Crippen LogP contribution in [-0.2, 0) is 11.3 Å². The molecule has 0 N–H and O–H groups in total. The second-order valence-corrected chi connectivity index (χ2v) is 6.38. The van der Waals surface area contributed by atoms with E-state index in [0.717, 1.165) is 22.4 Å². The molecule has 0 amide bonds. The largest absolute Gasteiger partial charge is 0.378 e. The summed E-state index contributed by atoms with van der Waals surface area (Å²) in [5, 5.41) is 0.859. The van der Waals surface area contributed by atoms with Gasteiger partial charge in [0.1, 0.15) is 11.0 Å². The van der Waals surface area contributed by atoms with E-state index in [1.165, 1.54) is 18.6 Å². The summed E-state index contributed by atoms with van der Waals surface area (Å²) in [7, 11) is 1.65. The highest BCUT2D eigenvalue weighted by Gasteiger charge is 2.21. The lowest BCUT2D eigenvalue weighted by atomic mass is 10.2. The van der Waals surface area contributed by atoms with Crippen molar-refractivity contribution in [3.63, 3.8) is 0 Å². The highest BCUT2D eigenvalue weighted by atomic mass is 79.9. The van der Waals surface area contributed by atoms with Gasteiger partial charge in [-0.3, -0.25) is 0 Å². The molecular formula is C11H14BrClN2OS. The number of rotatable bonds is 3. The fraction of sp³-hybridized carbons (Fsp3) is 0.636. The summed E-state index contributed by atoms with van der Waals surface area (Å²) >= 11 is 11.4. The lowest BCUT2D eigenvalue weighted by Gasteiger charge is -2.20. The molecule has 0 bridgehead atoms. The van der Waals surface area contributed by atoms with Crippen molar-refractivity contribution in [3.05, 3.63) is 21.1 Å². The van der Waals surface area contributed by atoms with Gasteiger partial charge in [0.15, 0.2) is 0 Å². The van der Waals surface area contributed by atoms with E-state index in [9.17, 15) is 0 Å². The first-order chi connectivity index (χ1) is 8.22. The minimum Gasteiger partial charge on any atom is -0.378 e. The van der Waals surface area contributed by atoms with Crippen LogP contribution in [0.5, 0.6) is 0 Å². The van der Waals surface area contributed by atoms with E-state index in [4.69, 9.17) is 16.3 Å². The van der Waals surface area contributed by atoms with Gasteiger partial charge in [0.2, 0.25) is 0 Å². The Morgan fingerprint density at radius 3 is 2.94 bits per heavy atom. The monoisotopic (exact) mass is 336 g/mol. The van der Waals surface area contributed by atoms with E-state index in [1.807, 2.05) is 11.8 Å². The van der Waals surface area contributed by atoms with Crippen LogP contribution in [-0.4, -0.2) is 22.8 Å². The van der Waals surface area contributed by atoms with Crippen LogP contribution in [0, 0.1) is 0 Å². The summed E-state index contributed by atoms with van der Waals surface area (Å²) in [5.41, 5.74) is 0.827. The quantitative estimate of drug-likeness (QED) is 0.781. The maximum absolute atomic E-state index is 6.11. The molecule has 6 heteroatoms. The predicted octanol–water partition coefficient (Wildman–Crippen LogP) is 4.00. The molecule has 1 aliphatic rings. The zero-order valence-corrected chi connectivity index (χ0v) is 12.7. The Hall–Kier alpha value is 0.160. The molecule has 0 saturated carbocycles. The third kappa shape index (κ3) is 3.34. The third-order valence-corrected chi connectivity index (χ3v) is 5.35. The molecule has 0 spiro atoms. The Balaban J connectivity index is 2.27. The summed E-state index contributed by atoms with van der Waals surface area (Å²) in [4.78, 5) is 8.93. The van der Waals surface area contributed by atoms with Gasteiger partial charge in [-0.2, -0.15) is 11.8 Å². The van der Waals surface area contributed by atoms with Crippen LogP contribution in [0.2, 0.25) is 5.15 Å². The minimum atomic E-state index is 0.380. The van der Waals surface area contributed by atoms with Gasteiger partial charge < -0.3 is 4.74 Å². The molecule has 2 heterocycles. The van der Waals surface area contributed by atoms with E-state index in [0.29, 0.717) is 17.0 Å². The minimum absolute atomic E-state index is 0.380. The Kier molecular flexibility index (Phi) is 5.09. The Bertz CT molecular complexity index is 399. The Morgan fingerprint density at radius 2 is 2.29 bits per heavy atom. The smallest absolute Gasteiger partial charge is 0.147 e. The Labute approximate surface area is 119 Å². The van der Waals surface area contributed by atoms with Crippen LogP contribution in [0.15, 0.2) is 4.47 Å². The van der Waals surface area contributed by atoms with Gasteiger partial charge in [-0.1, -0.05) is 18.0 Å². The van der Waals surface area contributed by atoms with Crippen LogP contribution in [0.4, 0.5) is 0 Å². The Morgan fingerprint density at radius 1 is 1.47 bits per heavy atom. The SMILES string of the molecule is COCc1nc(C2CCCCS2)nc(Cl)c1Br. The van der Waals surface area contributed by atoms with Crippen molar-refractivity contribution in [2.24, 2.45) is 0 Å². The summed E-state index contributed by atoms with van der Waals surface area (Å²) in [6, 6.07) is 0. The number of aromatic nitrogens is 2. The van der Waals surface area contributed by atoms with Crippen molar-refractivity contribution in [2.75, 3.05) is 12.9 Å². The van der Waals surface area contributed by atoms with Gasteiger partial charge in [0.25, 0.3) is 0 Å². The first-order valence-corrected chi connectivity index (χ1v) is 7.76. The fourth-order valence-corrected chi connectivity index (χ4v) is 3.53. The van der Waals surface area contributed by atoms with Gasteiger partial charge >= 0.3 is 0 Å². The van der Waals surface area contributed by atoms with Crippen LogP contribution in [0.3, 0.4) is 0 Å². The third-order valence-electron chi connectivity index (χ3n) is 2.65. The fourth-order valence-electron chi connectivity index (χ4n) is 1.80. The standard InChI is InChI=1S/C11H14BrClN2OS/c1-16-6-7-9(12)10(13)15-11(14-7)8-4-2-3-5-17-8/h8H,2-6H2,1H3. The van der Waals surface area contributed by atoms with Crippen LogP contribution in [0.1, 0.15) is 36.0 Å². The van der Waals surface area contributed by atoms with E-state index in [1.54, 1.807) is 7.11 Å². The van der Waals surface area contributed by atoms with Gasteiger partial charge in [-0.05, 0) is 34.5 Å². The number of hydrogen-bond donors (Lipinski definition) is 0. The van der Waals surface area contributed by atoms with Gasteiger partial charge in [-0.25, -0.2) is 9.97 Å². The topological polar surface area (TPSA) is 35.0 Å². The number of methoxy groups -OCH3 is 1. The molecule has 3 nitrogen and oxygen atoms in total. The normalized spacial score (nSPS) is 20.5. The van der Waals surface area contributed by atoms with Crippen LogP contribution >= 0.6 is 39.3 Å². The molecule has 1 fully saturated rings. The number of halogens is 2. The number of nitrogens with zero attached hydrogens (tertiary/aromatic N) is 2. The average molecular weight is 338 g/mol. The van der Waals surface area contributed by atoms with E-state index < -0.39 is 0 Å². The maximum atomic E-state index is 6.11. The zero-order chi connectivity index (χ0) is 12.3. The van der Waals surface area contributed by atoms with Crippen molar-refractivity contribution in [2.45, 2.75) is 31.1 Å². The molecule has 94 valence electrons. The predicted molar refractivity (Wildman–Crippen MR) is 74.5 cm³/mol. The van der Waals surface area contributed by atoms with Crippen LogP contribution < -0.4 is 0 Å². The summed E-state index contributed by atoms with van der Waals surface area (Å²) in [6.07, 6.45) is 3.67. The van der Waals surface area contributed by atoms with Crippen molar-refractivity contribution in [3.8, 4) is 0 Å². The second-order valence-electron chi connectivity index (χ2n) is 3.92. The van der Waals surface area contributed by atoms with Gasteiger partial charge in [-0.15, -0.1) is 0 Å². The van der Waals surface area contributed by atoms with Crippen molar-refractivity contribution in [1.29, 1.82) is 0 Å². The van der Waals surface area contributed by atoms with Gasteiger partial charge in [0.05, 0.1) is 22.0 Å². The summed E-state index contributed by atoms with van der Waals surface area (Å²) in [5.74, 6) is 2.02. The molecule has 17 heavy (non-hydrogen) atoms. The lowest BCUT2D eigenvalue weighted by Crippen LogP contribution is -2.09. The van der Waals surface area contributed by atoms with Gasteiger partial charge in [0, 0.05) is 7.11 Å². The second kappa shape index (κ2) is 6.36. The molecule has 0 aliphatic carbocycles. The maximum Gasteiger partial charge on any atom is 0.147 e. The average Bonchev–Trinajstić information content (AvgIpc) is 2.36. The van der Waals surface area contributed by atoms with Crippen molar-refractivity contribution >= 4 is 39.3 Å². The number of thioether (sulfide) groups is 1. The molecule has 2 rings (SSSR count). The molecule has 0 aromatic carbocycles. The first kappa shape index (κ1) is 13.6. The number of hydrogen-bond acceptors (Lipinski definition) is 4. The zero-order valence-electron chi connectivity index (χ0n) is 9.58. The van der Waals surface area contributed by atoms with Crippen molar-refractivity contribution in [1.82, 2.24) is 9.97 Å².